The molecule has 0 unspecified atom stereocenters. The summed E-state index contributed by atoms with van der Waals surface area (Å²) in [7, 11) is 0. The molecule has 0 radical (unpaired) electrons. The van der Waals surface area contributed by atoms with Crippen molar-refractivity contribution >= 4 is 0 Å². The number of nitrogens with zero attached hydrogens (tertiary/aromatic N) is 2. The minimum absolute atomic E-state index is 0.668. The molecular formula is C9H18N2O. The molecular weight excluding hydrogens is 152 g/mol. The van der Waals surface area contributed by atoms with Crippen LogP contribution >= 0.6 is 0 Å². The Bertz CT molecular complexity index is 161. The largest absolute Gasteiger partial charge is 0.364 e. The third kappa shape index (κ3) is 1.49. The van der Waals surface area contributed by atoms with Gasteiger partial charge in [0.1, 0.15) is 0 Å². The van der Waals surface area contributed by atoms with E-state index in [-0.39, 0.29) is 0 Å². The lowest BCUT2D eigenvalue weighted by atomic mass is 10.1. The number of piperazine rings is 1. The molecule has 0 aromatic heterocycles. The molecule has 0 spiro atoms. The molecule has 0 aromatic rings. The van der Waals surface area contributed by atoms with E-state index < -0.39 is 0 Å². The van der Waals surface area contributed by atoms with Crippen LogP contribution in [0, 0.1) is 0 Å². The Labute approximate surface area is 74.3 Å². The van der Waals surface area contributed by atoms with Gasteiger partial charge in [0.05, 0.1) is 13.3 Å². The highest BCUT2D eigenvalue weighted by Gasteiger charge is 2.31. The predicted molar refractivity (Wildman–Crippen MR) is 48.0 cm³/mol. The van der Waals surface area contributed by atoms with E-state index in [1.54, 1.807) is 0 Å². The normalized spacial score (nSPS) is 32.8. The Morgan fingerprint density at radius 3 is 2.92 bits per heavy atom. The van der Waals surface area contributed by atoms with Gasteiger partial charge in [0, 0.05) is 31.7 Å². The number of hydrogen-bond acceptors (Lipinski definition) is 3. The van der Waals surface area contributed by atoms with E-state index in [1.807, 2.05) is 0 Å². The second-order valence-electron chi connectivity index (χ2n) is 4.05. The first kappa shape index (κ1) is 8.48. The van der Waals surface area contributed by atoms with Crippen LogP contribution in [0.15, 0.2) is 0 Å². The van der Waals surface area contributed by atoms with Crippen molar-refractivity contribution in [2.24, 2.45) is 0 Å². The molecule has 0 aromatic carbocycles. The van der Waals surface area contributed by atoms with Crippen molar-refractivity contribution in [2.75, 3.05) is 33.0 Å². The number of fused-ring (bicyclic) bond motifs is 1. The SMILES string of the molecule is CC(C)N1CCN2COC[C@@H]2C1. The summed E-state index contributed by atoms with van der Waals surface area (Å²) >= 11 is 0. The monoisotopic (exact) mass is 170 g/mol. The van der Waals surface area contributed by atoms with Crippen LogP contribution in [0.1, 0.15) is 13.8 Å². The Morgan fingerprint density at radius 2 is 2.17 bits per heavy atom. The van der Waals surface area contributed by atoms with Gasteiger partial charge in [-0.05, 0) is 13.8 Å². The predicted octanol–water partition coefficient (Wildman–Crippen LogP) is 0.369. The van der Waals surface area contributed by atoms with Crippen molar-refractivity contribution in [3.05, 3.63) is 0 Å². The van der Waals surface area contributed by atoms with Crippen molar-refractivity contribution in [2.45, 2.75) is 25.9 Å². The van der Waals surface area contributed by atoms with Crippen LogP contribution in [0.25, 0.3) is 0 Å². The van der Waals surface area contributed by atoms with Crippen LogP contribution in [-0.4, -0.2) is 54.9 Å². The highest BCUT2D eigenvalue weighted by molar-refractivity contribution is 4.84. The molecule has 2 saturated heterocycles. The van der Waals surface area contributed by atoms with Crippen LogP contribution in [0.4, 0.5) is 0 Å². The molecule has 12 heavy (non-hydrogen) atoms. The molecule has 3 nitrogen and oxygen atoms in total. The zero-order valence-electron chi connectivity index (χ0n) is 7.99. The molecule has 2 fully saturated rings. The molecule has 2 rings (SSSR count). The molecule has 70 valence electrons. The first-order valence-corrected chi connectivity index (χ1v) is 4.83. The van der Waals surface area contributed by atoms with Gasteiger partial charge in [-0.1, -0.05) is 0 Å². The summed E-state index contributed by atoms with van der Waals surface area (Å²) in [6.45, 7) is 9.91. The van der Waals surface area contributed by atoms with Gasteiger partial charge < -0.3 is 4.74 Å². The Balaban J connectivity index is 1.92. The molecule has 2 aliphatic heterocycles. The van der Waals surface area contributed by atoms with Gasteiger partial charge in [-0.25, -0.2) is 0 Å². The lowest BCUT2D eigenvalue weighted by Crippen LogP contribution is -2.52. The molecule has 2 heterocycles. The van der Waals surface area contributed by atoms with Crippen molar-refractivity contribution in [1.82, 2.24) is 9.80 Å². The molecule has 2 aliphatic rings. The smallest absolute Gasteiger partial charge is 0.0995 e. The van der Waals surface area contributed by atoms with Crippen LogP contribution in [0.2, 0.25) is 0 Å². The maximum atomic E-state index is 5.42. The van der Waals surface area contributed by atoms with E-state index in [0.717, 1.165) is 13.3 Å². The second kappa shape index (κ2) is 3.32. The minimum atomic E-state index is 0.668. The van der Waals surface area contributed by atoms with Gasteiger partial charge in [0.2, 0.25) is 0 Å². The zero-order valence-corrected chi connectivity index (χ0v) is 7.99. The first-order chi connectivity index (χ1) is 5.77. The van der Waals surface area contributed by atoms with Crippen LogP contribution in [0.3, 0.4) is 0 Å². The third-order valence-electron chi connectivity index (χ3n) is 2.93. The maximum Gasteiger partial charge on any atom is 0.0995 e. The van der Waals surface area contributed by atoms with Crippen LogP contribution in [-0.2, 0) is 4.74 Å². The topological polar surface area (TPSA) is 15.7 Å². The fourth-order valence-electron chi connectivity index (χ4n) is 2.02. The number of ether oxygens (including phenoxy) is 1. The Hall–Kier alpha value is -0.120. The van der Waals surface area contributed by atoms with E-state index in [9.17, 15) is 0 Å². The van der Waals surface area contributed by atoms with E-state index >= 15 is 0 Å². The van der Waals surface area contributed by atoms with Crippen molar-refractivity contribution in [3.63, 3.8) is 0 Å². The third-order valence-corrected chi connectivity index (χ3v) is 2.93. The lowest BCUT2D eigenvalue weighted by molar-refractivity contribution is 0.0753. The van der Waals surface area contributed by atoms with Crippen LogP contribution in [0.5, 0.6) is 0 Å². The van der Waals surface area contributed by atoms with Gasteiger partial charge >= 0.3 is 0 Å². The van der Waals surface area contributed by atoms with Gasteiger partial charge in [-0.15, -0.1) is 0 Å². The number of hydrogen-bond donors (Lipinski definition) is 0. The summed E-state index contributed by atoms with van der Waals surface area (Å²) < 4.78 is 5.42. The fraction of sp³-hybridized carbons (Fsp3) is 1.00. The van der Waals surface area contributed by atoms with E-state index in [1.165, 1.54) is 19.6 Å². The molecule has 1 atom stereocenters. The molecule has 0 bridgehead atoms. The zero-order chi connectivity index (χ0) is 8.55. The summed E-state index contributed by atoms with van der Waals surface area (Å²) in [6.07, 6.45) is 0. The molecule has 0 N–H and O–H groups in total. The fourth-order valence-corrected chi connectivity index (χ4v) is 2.02. The molecule has 0 aliphatic carbocycles. The summed E-state index contributed by atoms with van der Waals surface area (Å²) in [4.78, 5) is 4.98. The molecule has 0 saturated carbocycles. The Kier molecular flexibility index (Phi) is 2.35. The quantitative estimate of drug-likeness (QED) is 0.565. The van der Waals surface area contributed by atoms with Gasteiger partial charge in [0.25, 0.3) is 0 Å². The van der Waals surface area contributed by atoms with Crippen molar-refractivity contribution in [3.8, 4) is 0 Å². The highest BCUT2D eigenvalue weighted by Crippen LogP contribution is 2.16. The highest BCUT2D eigenvalue weighted by atomic mass is 16.5. The minimum Gasteiger partial charge on any atom is -0.364 e. The first-order valence-electron chi connectivity index (χ1n) is 4.83. The summed E-state index contributed by atoms with van der Waals surface area (Å²) in [6, 6.07) is 1.36. The van der Waals surface area contributed by atoms with Gasteiger partial charge in [0.15, 0.2) is 0 Å². The van der Waals surface area contributed by atoms with Gasteiger partial charge in [-0.3, -0.25) is 9.80 Å². The average molecular weight is 170 g/mol. The summed E-state index contributed by atoms with van der Waals surface area (Å²) in [5, 5.41) is 0. The summed E-state index contributed by atoms with van der Waals surface area (Å²) in [5.41, 5.74) is 0. The lowest BCUT2D eigenvalue weighted by Gasteiger charge is -2.38. The van der Waals surface area contributed by atoms with E-state index in [0.29, 0.717) is 12.1 Å². The van der Waals surface area contributed by atoms with Crippen LogP contribution < -0.4 is 0 Å². The molecule has 0 amide bonds. The van der Waals surface area contributed by atoms with Crippen molar-refractivity contribution < 1.29 is 4.74 Å². The molecule has 3 heteroatoms. The number of rotatable bonds is 1. The standard InChI is InChI=1S/C9H18N2O/c1-8(2)10-3-4-11-7-12-6-9(11)5-10/h8-9H,3-7H2,1-2H3/t9-/m0/s1. The van der Waals surface area contributed by atoms with Gasteiger partial charge in [-0.2, -0.15) is 0 Å². The van der Waals surface area contributed by atoms with Crippen molar-refractivity contribution in [1.29, 1.82) is 0 Å². The van der Waals surface area contributed by atoms with E-state index in [4.69, 9.17) is 4.74 Å². The second-order valence-corrected chi connectivity index (χ2v) is 4.05. The van der Waals surface area contributed by atoms with E-state index in [2.05, 4.69) is 23.6 Å². The maximum absolute atomic E-state index is 5.42. The Morgan fingerprint density at radius 1 is 1.33 bits per heavy atom. The average Bonchev–Trinajstić information content (AvgIpc) is 2.49. The summed E-state index contributed by atoms with van der Waals surface area (Å²) in [5.74, 6) is 0.